The molecule has 0 aliphatic rings. The Balaban J connectivity index is 3.00. The van der Waals surface area contributed by atoms with E-state index in [9.17, 15) is 8.78 Å². The van der Waals surface area contributed by atoms with E-state index in [1.54, 1.807) is 7.05 Å². The summed E-state index contributed by atoms with van der Waals surface area (Å²) in [5.74, 6) is 0.00231. The normalized spacial score (nSPS) is 10.0. The van der Waals surface area contributed by atoms with Crippen molar-refractivity contribution >= 4 is 5.95 Å². The molecule has 0 saturated heterocycles. The lowest BCUT2D eigenvalue weighted by Gasteiger charge is -2.12. The van der Waals surface area contributed by atoms with Crippen molar-refractivity contribution in [2.75, 3.05) is 18.5 Å². The van der Waals surface area contributed by atoms with Gasteiger partial charge in [0.25, 0.3) is 0 Å². The zero-order valence-electron chi connectivity index (χ0n) is 6.75. The van der Waals surface area contributed by atoms with Crippen molar-refractivity contribution in [1.82, 2.24) is 15.0 Å². The molecule has 0 unspecified atom stereocenters. The summed E-state index contributed by atoms with van der Waals surface area (Å²) in [6.07, 6.45) is -2.20. The van der Waals surface area contributed by atoms with Crippen LogP contribution in [0.3, 0.4) is 0 Å². The quantitative estimate of drug-likeness (QED) is 0.658. The van der Waals surface area contributed by atoms with Gasteiger partial charge in [-0.15, -0.1) is 0 Å². The van der Waals surface area contributed by atoms with Crippen molar-refractivity contribution in [3.05, 3.63) is 12.2 Å². The maximum atomic E-state index is 12.4. The molecule has 0 fully saturated rings. The molecule has 0 amide bonds. The summed E-state index contributed by atoms with van der Waals surface area (Å²) in [6.45, 7) is 2.39. The summed E-state index contributed by atoms with van der Waals surface area (Å²) >= 11 is 0. The van der Waals surface area contributed by atoms with E-state index in [2.05, 4.69) is 15.0 Å². The summed E-state index contributed by atoms with van der Waals surface area (Å²) in [6, 6.07) is 0. The molecule has 12 heavy (non-hydrogen) atoms. The molecule has 0 aliphatic carbocycles. The Hall–Kier alpha value is -1.33. The van der Waals surface area contributed by atoms with Crippen LogP contribution in [-0.4, -0.2) is 28.5 Å². The molecule has 0 radical (unpaired) electrons. The summed E-state index contributed by atoms with van der Waals surface area (Å²) < 4.78 is 24.8. The van der Waals surface area contributed by atoms with Gasteiger partial charge in [0.1, 0.15) is 0 Å². The molecule has 0 aliphatic heterocycles. The number of halogens is 2. The molecule has 0 saturated carbocycles. The van der Waals surface area contributed by atoms with Gasteiger partial charge in [-0.05, 0) is 6.92 Å². The molecular weight excluding hydrogens is 166 g/mol. The first kappa shape index (κ1) is 8.76. The van der Waals surface area contributed by atoms with Gasteiger partial charge < -0.3 is 4.90 Å². The van der Waals surface area contributed by atoms with Crippen LogP contribution in [0.5, 0.6) is 0 Å². The van der Waals surface area contributed by atoms with Crippen LogP contribution in [0.25, 0.3) is 0 Å². The number of anilines is 1. The minimum absolute atomic E-state index is 0.00231. The van der Waals surface area contributed by atoms with Crippen molar-refractivity contribution in [3.63, 3.8) is 0 Å². The van der Waals surface area contributed by atoms with Crippen molar-refractivity contribution in [1.29, 1.82) is 0 Å². The number of hydrogen-bond donors (Lipinski definition) is 0. The first-order valence-electron chi connectivity index (χ1n) is 3.41. The second-order valence-electron chi connectivity index (χ2n) is 2.19. The number of rotatable bonds is 2. The van der Waals surface area contributed by atoms with E-state index in [1.165, 1.54) is 4.90 Å². The largest absolute Gasteiger partial charge is 0.344 e. The molecule has 0 spiro atoms. The van der Waals surface area contributed by atoms with Crippen LogP contribution in [0.15, 0.2) is 0 Å². The van der Waals surface area contributed by atoms with Crippen molar-refractivity contribution < 1.29 is 8.78 Å². The standard InChI is InChI=1S/C6H8F2N4/c1-3-12(2)6-10-4(7)9-5(8)11-6/h3H2,1-2H3. The fraction of sp³-hybridized carbons (Fsp3) is 0.500. The lowest BCUT2D eigenvalue weighted by molar-refractivity contribution is 0.454. The third-order valence-electron chi connectivity index (χ3n) is 1.38. The van der Waals surface area contributed by atoms with Crippen molar-refractivity contribution in [3.8, 4) is 0 Å². The fourth-order valence-corrected chi connectivity index (χ4v) is 0.628. The highest BCUT2D eigenvalue weighted by Crippen LogP contribution is 2.03. The third kappa shape index (κ3) is 1.84. The van der Waals surface area contributed by atoms with Crippen LogP contribution in [0.4, 0.5) is 14.7 Å². The molecular formula is C6H8F2N4. The Kier molecular flexibility index (Phi) is 2.47. The van der Waals surface area contributed by atoms with Crippen LogP contribution in [0, 0.1) is 12.2 Å². The summed E-state index contributed by atoms with van der Waals surface area (Å²) in [7, 11) is 1.63. The van der Waals surface area contributed by atoms with Crippen LogP contribution in [0.2, 0.25) is 0 Å². The molecule has 1 rings (SSSR count). The highest BCUT2D eigenvalue weighted by atomic mass is 19.1. The minimum Gasteiger partial charge on any atom is -0.344 e. The van der Waals surface area contributed by atoms with Crippen LogP contribution in [-0.2, 0) is 0 Å². The van der Waals surface area contributed by atoms with Crippen molar-refractivity contribution in [2.45, 2.75) is 6.92 Å². The highest BCUT2D eigenvalue weighted by molar-refractivity contribution is 5.24. The van der Waals surface area contributed by atoms with Crippen LogP contribution < -0.4 is 4.90 Å². The van der Waals surface area contributed by atoms with Gasteiger partial charge in [0.05, 0.1) is 0 Å². The highest BCUT2D eigenvalue weighted by Gasteiger charge is 2.07. The number of aromatic nitrogens is 3. The summed E-state index contributed by atoms with van der Waals surface area (Å²) in [5, 5.41) is 0. The second kappa shape index (κ2) is 3.38. The Bertz CT molecular complexity index is 258. The third-order valence-corrected chi connectivity index (χ3v) is 1.38. The molecule has 4 nitrogen and oxygen atoms in total. The van der Waals surface area contributed by atoms with E-state index in [0.29, 0.717) is 6.54 Å². The molecule has 1 aromatic rings. The van der Waals surface area contributed by atoms with E-state index in [4.69, 9.17) is 0 Å². The average molecular weight is 174 g/mol. The average Bonchev–Trinajstić information content (AvgIpc) is 2.01. The van der Waals surface area contributed by atoms with E-state index in [1.807, 2.05) is 6.92 Å². The predicted molar refractivity (Wildman–Crippen MR) is 38.7 cm³/mol. The molecule has 0 aromatic carbocycles. The van der Waals surface area contributed by atoms with E-state index in [0.717, 1.165) is 0 Å². The van der Waals surface area contributed by atoms with E-state index < -0.39 is 12.2 Å². The lowest BCUT2D eigenvalue weighted by atomic mass is 10.6. The predicted octanol–water partition coefficient (Wildman–Crippen LogP) is 0.606. The van der Waals surface area contributed by atoms with Crippen molar-refractivity contribution in [2.24, 2.45) is 0 Å². The Morgan fingerprint density at radius 3 is 2.08 bits per heavy atom. The van der Waals surface area contributed by atoms with Gasteiger partial charge in [0.2, 0.25) is 5.95 Å². The van der Waals surface area contributed by atoms with Gasteiger partial charge in [0.15, 0.2) is 0 Å². The van der Waals surface area contributed by atoms with Crippen LogP contribution in [0.1, 0.15) is 6.92 Å². The van der Waals surface area contributed by atoms with Gasteiger partial charge in [-0.3, -0.25) is 0 Å². The molecule has 0 atom stereocenters. The zero-order chi connectivity index (χ0) is 9.14. The Labute approximate surface area is 68.3 Å². The topological polar surface area (TPSA) is 41.9 Å². The molecule has 0 bridgehead atoms. The lowest BCUT2D eigenvalue weighted by Crippen LogP contribution is -2.20. The smallest absolute Gasteiger partial charge is 0.315 e. The van der Waals surface area contributed by atoms with Crippen LogP contribution >= 0.6 is 0 Å². The molecule has 1 heterocycles. The Morgan fingerprint density at radius 2 is 1.67 bits per heavy atom. The van der Waals surface area contributed by atoms with Gasteiger partial charge in [-0.2, -0.15) is 23.7 Å². The van der Waals surface area contributed by atoms with Gasteiger partial charge in [-0.1, -0.05) is 0 Å². The van der Waals surface area contributed by atoms with E-state index >= 15 is 0 Å². The number of nitrogens with zero attached hydrogens (tertiary/aromatic N) is 4. The summed E-state index contributed by atoms with van der Waals surface area (Å²) in [5.41, 5.74) is 0. The molecule has 66 valence electrons. The van der Waals surface area contributed by atoms with Gasteiger partial charge in [-0.25, -0.2) is 0 Å². The Morgan fingerprint density at radius 1 is 1.17 bits per heavy atom. The molecule has 0 N–H and O–H groups in total. The monoisotopic (exact) mass is 174 g/mol. The zero-order valence-corrected chi connectivity index (χ0v) is 6.75. The maximum Gasteiger partial charge on any atom is 0.315 e. The fourth-order valence-electron chi connectivity index (χ4n) is 0.628. The maximum absolute atomic E-state index is 12.4. The second-order valence-corrected chi connectivity index (χ2v) is 2.19. The number of hydrogen-bond acceptors (Lipinski definition) is 4. The first-order valence-corrected chi connectivity index (χ1v) is 3.41. The molecule has 1 aromatic heterocycles. The first-order chi connectivity index (χ1) is 5.63. The van der Waals surface area contributed by atoms with Gasteiger partial charge >= 0.3 is 12.2 Å². The van der Waals surface area contributed by atoms with E-state index in [-0.39, 0.29) is 5.95 Å². The SMILES string of the molecule is CCN(C)c1nc(F)nc(F)n1. The van der Waals surface area contributed by atoms with Gasteiger partial charge in [0, 0.05) is 13.6 Å². The molecule has 6 heteroatoms. The summed E-state index contributed by atoms with van der Waals surface area (Å²) in [4.78, 5) is 10.9. The minimum atomic E-state index is -1.10.